The largest absolute Gasteiger partial charge is 0.351 e. The normalized spacial score (nSPS) is 20.8. The number of amides is 3. The lowest BCUT2D eigenvalue weighted by molar-refractivity contribution is -0.133. The predicted molar refractivity (Wildman–Crippen MR) is 137 cm³/mol. The van der Waals surface area contributed by atoms with Gasteiger partial charge in [0.15, 0.2) is 5.69 Å². The van der Waals surface area contributed by atoms with Crippen molar-refractivity contribution in [2.45, 2.75) is 74.9 Å². The summed E-state index contributed by atoms with van der Waals surface area (Å²) in [5.74, 6) is -0.803. The molecular formula is C26H35N5O3S. The van der Waals surface area contributed by atoms with Gasteiger partial charge in [-0.05, 0) is 50.1 Å². The van der Waals surface area contributed by atoms with E-state index in [1.54, 1.807) is 25.7 Å². The van der Waals surface area contributed by atoms with Crippen molar-refractivity contribution in [1.82, 2.24) is 25.3 Å². The van der Waals surface area contributed by atoms with Crippen molar-refractivity contribution in [3.8, 4) is 0 Å². The van der Waals surface area contributed by atoms with Crippen LogP contribution in [-0.4, -0.2) is 63.8 Å². The summed E-state index contributed by atoms with van der Waals surface area (Å²) in [6.07, 6.45) is 9.31. The first-order valence-corrected chi connectivity index (χ1v) is 13.6. The van der Waals surface area contributed by atoms with Crippen molar-refractivity contribution in [2.24, 2.45) is 0 Å². The molecule has 1 fully saturated rings. The maximum Gasteiger partial charge on any atom is 0.272 e. The van der Waals surface area contributed by atoms with E-state index in [-0.39, 0.29) is 36.0 Å². The zero-order valence-corrected chi connectivity index (χ0v) is 21.6. The SMILES string of the molecule is CSc1ccc(CCNC(=O)c2cc3n(n2)C[C@@](C)(C(=O)NC2CCCCCC2)N(C)C3=O)cc1. The summed E-state index contributed by atoms with van der Waals surface area (Å²) in [5.41, 5.74) is 0.580. The second-order valence-corrected chi connectivity index (χ2v) is 10.6. The Hall–Kier alpha value is -2.81. The van der Waals surface area contributed by atoms with Gasteiger partial charge in [-0.3, -0.25) is 19.1 Å². The average Bonchev–Trinajstić information content (AvgIpc) is 3.11. The fourth-order valence-corrected chi connectivity index (χ4v) is 5.21. The van der Waals surface area contributed by atoms with Gasteiger partial charge in [-0.2, -0.15) is 5.10 Å². The molecule has 1 saturated carbocycles. The number of hydrogen-bond donors (Lipinski definition) is 2. The van der Waals surface area contributed by atoms with E-state index in [1.165, 1.54) is 33.4 Å². The van der Waals surface area contributed by atoms with Crippen molar-refractivity contribution in [1.29, 1.82) is 0 Å². The van der Waals surface area contributed by atoms with Gasteiger partial charge in [0.05, 0.1) is 6.54 Å². The summed E-state index contributed by atoms with van der Waals surface area (Å²) >= 11 is 1.69. The third kappa shape index (κ3) is 5.55. The van der Waals surface area contributed by atoms with Crippen molar-refractivity contribution >= 4 is 29.5 Å². The minimum Gasteiger partial charge on any atom is -0.351 e. The van der Waals surface area contributed by atoms with Gasteiger partial charge in [-0.15, -0.1) is 11.8 Å². The third-order valence-corrected chi connectivity index (χ3v) is 8.02. The second kappa shape index (κ2) is 10.8. The van der Waals surface area contributed by atoms with Crippen LogP contribution >= 0.6 is 11.8 Å². The summed E-state index contributed by atoms with van der Waals surface area (Å²) in [4.78, 5) is 41.8. The van der Waals surface area contributed by atoms with Crippen LogP contribution in [0.25, 0.3) is 0 Å². The number of nitrogens with zero attached hydrogens (tertiary/aromatic N) is 3. The molecule has 4 rings (SSSR count). The first-order chi connectivity index (χ1) is 16.8. The highest BCUT2D eigenvalue weighted by atomic mass is 32.2. The number of aromatic nitrogens is 2. The predicted octanol–water partition coefficient (Wildman–Crippen LogP) is 3.26. The highest BCUT2D eigenvalue weighted by molar-refractivity contribution is 7.98. The Morgan fingerprint density at radius 3 is 2.49 bits per heavy atom. The number of carbonyl (C=O) groups is 3. The van der Waals surface area contributed by atoms with E-state index in [4.69, 9.17) is 0 Å². The summed E-state index contributed by atoms with van der Waals surface area (Å²) in [6.45, 7) is 2.44. The molecule has 0 unspecified atom stereocenters. The standard InChI is InChI=1S/C26H35N5O3S/c1-26(25(34)28-19-8-6-4-5-7-9-19)17-31-22(24(33)30(26)2)16-21(29-31)23(32)27-15-14-18-10-12-20(35-3)13-11-18/h10-13,16,19H,4-9,14-15,17H2,1-3H3,(H,27,32)(H,28,34)/t26-/m0/s1. The van der Waals surface area contributed by atoms with Gasteiger partial charge < -0.3 is 15.5 Å². The fourth-order valence-electron chi connectivity index (χ4n) is 4.81. The van der Waals surface area contributed by atoms with E-state index in [0.717, 1.165) is 31.2 Å². The molecular weight excluding hydrogens is 462 g/mol. The van der Waals surface area contributed by atoms with Gasteiger partial charge >= 0.3 is 0 Å². The Balaban J connectivity index is 1.40. The van der Waals surface area contributed by atoms with Crippen LogP contribution < -0.4 is 10.6 Å². The fraction of sp³-hybridized carbons (Fsp3) is 0.538. The van der Waals surface area contributed by atoms with Crippen molar-refractivity contribution in [3.05, 3.63) is 47.3 Å². The number of carbonyl (C=O) groups excluding carboxylic acids is 3. The van der Waals surface area contributed by atoms with Crippen LogP contribution in [0.4, 0.5) is 0 Å². The topological polar surface area (TPSA) is 96.3 Å². The minimum atomic E-state index is -1.07. The number of benzene rings is 1. The van der Waals surface area contributed by atoms with E-state index in [0.29, 0.717) is 18.7 Å². The smallest absolute Gasteiger partial charge is 0.272 e. The highest BCUT2D eigenvalue weighted by Gasteiger charge is 2.46. The van der Waals surface area contributed by atoms with E-state index < -0.39 is 5.54 Å². The zero-order chi connectivity index (χ0) is 25.0. The van der Waals surface area contributed by atoms with E-state index >= 15 is 0 Å². The number of hydrogen-bond acceptors (Lipinski definition) is 5. The third-order valence-electron chi connectivity index (χ3n) is 7.27. The van der Waals surface area contributed by atoms with E-state index in [1.807, 2.05) is 6.26 Å². The summed E-state index contributed by atoms with van der Waals surface area (Å²) in [7, 11) is 1.65. The lowest BCUT2D eigenvalue weighted by Gasteiger charge is -2.41. The van der Waals surface area contributed by atoms with Gasteiger partial charge in [0.25, 0.3) is 11.8 Å². The van der Waals surface area contributed by atoms with Gasteiger partial charge in [0, 0.05) is 30.6 Å². The van der Waals surface area contributed by atoms with Crippen LogP contribution in [0.1, 0.15) is 72.0 Å². The molecule has 1 atom stereocenters. The monoisotopic (exact) mass is 497 g/mol. The van der Waals surface area contributed by atoms with Crippen LogP contribution in [-0.2, 0) is 17.8 Å². The molecule has 1 aliphatic heterocycles. The molecule has 1 aromatic carbocycles. The van der Waals surface area contributed by atoms with Gasteiger partial charge in [-0.25, -0.2) is 0 Å². The summed E-state index contributed by atoms with van der Waals surface area (Å²) < 4.78 is 1.51. The molecule has 2 heterocycles. The molecule has 9 heteroatoms. The number of thioether (sulfide) groups is 1. The molecule has 0 spiro atoms. The van der Waals surface area contributed by atoms with Crippen LogP contribution in [0.2, 0.25) is 0 Å². The van der Waals surface area contributed by atoms with Crippen molar-refractivity contribution in [2.75, 3.05) is 19.8 Å². The maximum atomic E-state index is 13.3. The molecule has 35 heavy (non-hydrogen) atoms. The number of likely N-dealkylation sites (N-methyl/N-ethyl adjacent to an activating group) is 1. The molecule has 188 valence electrons. The number of fused-ring (bicyclic) bond motifs is 1. The molecule has 2 aromatic rings. The number of rotatable bonds is 7. The first-order valence-electron chi connectivity index (χ1n) is 12.4. The Bertz CT molecular complexity index is 1080. The molecule has 0 bridgehead atoms. The molecule has 1 aliphatic carbocycles. The van der Waals surface area contributed by atoms with Gasteiger partial charge in [-0.1, -0.05) is 37.8 Å². The minimum absolute atomic E-state index is 0.141. The Labute approximate surface area is 211 Å². The van der Waals surface area contributed by atoms with Crippen LogP contribution in [0.5, 0.6) is 0 Å². The summed E-state index contributed by atoms with van der Waals surface area (Å²) in [5, 5.41) is 10.5. The highest BCUT2D eigenvalue weighted by Crippen LogP contribution is 2.27. The van der Waals surface area contributed by atoms with E-state index in [9.17, 15) is 14.4 Å². The van der Waals surface area contributed by atoms with Crippen LogP contribution in [0.15, 0.2) is 35.2 Å². The van der Waals surface area contributed by atoms with Crippen LogP contribution in [0, 0.1) is 0 Å². The summed E-state index contributed by atoms with van der Waals surface area (Å²) in [6, 6.07) is 9.91. The molecule has 0 radical (unpaired) electrons. The molecule has 3 amide bonds. The van der Waals surface area contributed by atoms with Gasteiger partial charge in [0.1, 0.15) is 11.2 Å². The zero-order valence-electron chi connectivity index (χ0n) is 20.8. The van der Waals surface area contributed by atoms with E-state index in [2.05, 4.69) is 40.0 Å². The molecule has 8 nitrogen and oxygen atoms in total. The lowest BCUT2D eigenvalue weighted by atomic mass is 9.95. The Kier molecular flexibility index (Phi) is 7.84. The van der Waals surface area contributed by atoms with Crippen molar-refractivity contribution < 1.29 is 14.4 Å². The average molecular weight is 498 g/mol. The first kappa shape index (κ1) is 25.3. The quantitative estimate of drug-likeness (QED) is 0.452. The molecule has 2 aliphatic rings. The molecule has 1 aromatic heterocycles. The molecule has 0 saturated heterocycles. The van der Waals surface area contributed by atoms with Crippen LogP contribution in [0.3, 0.4) is 0 Å². The lowest BCUT2D eigenvalue weighted by Crippen LogP contribution is -2.63. The van der Waals surface area contributed by atoms with Crippen molar-refractivity contribution in [3.63, 3.8) is 0 Å². The number of nitrogens with one attached hydrogen (secondary N) is 2. The van der Waals surface area contributed by atoms with Gasteiger partial charge in [0.2, 0.25) is 5.91 Å². The maximum absolute atomic E-state index is 13.3. The second-order valence-electron chi connectivity index (χ2n) is 9.73. The Morgan fingerprint density at radius 2 is 1.83 bits per heavy atom. The Morgan fingerprint density at radius 1 is 1.14 bits per heavy atom. The molecule has 2 N–H and O–H groups in total.